The summed E-state index contributed by atoms with van der Waals surface area (Å²) in [6, 6.07) is 4.48. The van der Waals surface area contributed by atoms with Crippen molar-refractivity contribution in [3.63, 3.8) is 0 Å². The predicted octanol–water partition coefficient (Wildman–Crippen LogP) is 1.48. The Bertz CT molecular complexity index is 690. The van der Waals surface area contributed by atoms with Crippen molar-refractivity contribution >= 4 is 11.6 Å². The number of nitrogens with zero attached hydrogens (tertiary/aromatic N) is 6. The summed E-state index contributed by atoms with van der Waals surface area (Å²) in [7, 11) is 0. The van der Waals surface area contributed by atoms with E-state index in [-0.39, 0.29) is 18.7 Å². The monoisotopic (exact) mass is 328 g/mol. The molecule has 1 fully saturated rings. The standard InChI is InChI=1S/C17H24N6O/c1-11-7-17(20-14(4)19-11)22-8-12(2)23(13(3)9-22)16-5-6-18-15(10-24)21-16/h5-7,12-13,24H,8-10H2,1-4H3. The van der Waals surface area contributed by atoms with Gasteiger partial charge >= 0.3 is 0 Å². The van der Waals surface area contributed by atoms with Gasteiger partial charge in [-0.05, 0) is 33.8 Å². The minimum atomic E-state index is -0.143. The number of aliphatic hydroxyl groups excluding tert-OH is 1. The Kier molecular flexibility index (Phi) is 4.62. The second-order valence-electron chi connectivity index (χ2n) is 6.41. The Hall–Kier alpha value is -2.28. The van der Waals surface area contributed by atoms with Gasteiger partial charge < -0.3 is 14.9 Å². The van der Waals surface area contributed by atoms with Crippen LogP contribution >= 0.6 is 0 Å². The second-order valence-corrected chi connectivity index (χ2v) is 6.41. The number of aliphatic hydroxyl groups is 1. The van der Waals surface area contributed by atoms with E-state index < -0.39 is 0 Å². The third-order valence-electron chi connectivity index (χ3n) is 4.29. The second kappa shape index (κ2) is 6.68. The van der Waals surface area contributed by atoms with E-state index in [1.54, 1.807) is 6.20 Å². The van der Waals surface area contributed by atoms with Crippen LogP contribution < -0.4 is 9.80 Å². The number of rotatable bonds is 3. The molecule has 2 unspecified atom stereocenters. The topological polar surface area (TPSA) is 78.3 Å². The first-order chi connectivity index (χ1) is 11.5. The van der Waals surface area contributed by atoms with Gasteiger partial charge in [-0.15, -0.1) is 0 Å². The molecule has 0 saturated carbocycles. The lowest BCUT2D eigenvalue weighted by Crippen LogP contribution is -2.57. The SMILES string of the molecule is Cc1cc(N2CC(C)N(c3ccnc(CO)n3)C(C)C2)nc(C)n1. The van der Waals surface area contributed by atoms with Gasteiger partial charge in [-0.2, -0.15) is 0 Å². The van der Waals surface area contributed by atoms with E-state index in [1.807, 2.05) is 26.0 Å². The Morgan fingerprint density at radius 1 is 1.08 bits per heavy atom. The molecule has 0 spiro atoms. The highest BCUT2D eigenvalue weighted by atomic mass is 16.3. The van der Waals surface area contributed by atoms with E-state index in [1.165, 1.54) is 0 Å². The molecule has 2 aromatic heterocycles. The summed E-state index contributed by atoms with van der Waals surface area (Å²) in [5, 5.41) is 9.27. The van der Waals surface area contributed by atoms with Crippen molar-refractivity contribution in [3.05, 3.63) is 35.7 Å². The Morgan fingerprint density at radius 3 is 2.42 bits per heavy atom. The summed E-state index contributed by atoms with van der Waals surface area (Å²) in [6.45, 7) is 9.87. The minimum Gasteiger partial charge on any atom is -0.388 e. The van der Waals surface area contributed by atoms with Crippen LogP contribution in [0.3, 0.4) is 0 Å². The van der Waals surface area contributed by atoms with Crippen molar-refractivity contribution in [2.45, 2.75) is 46.4 Å². The van der Waals surface area contributed by atoms with E-state index in [0.717, 1.165) is 36.2 Å². The third-order valence-corrected chi connectivity index (χ3v) is 4.29. The lowest BCUT2D eigenvalue weighted by molar-refractivity contribution is 0.271. The summed E-state index contributed by atoms with van der Waals surface area (Å²) in [5.74, 6) is 3.10. The van der Waals surface area contributed by atoms with Gasteiger partial charge in [-0.25, -0.2) is 19.9 Å². The number of piperazine rings is 1. The van der Waals surface area contributed by atoms with Crippen molar-refractivity contribution in [3.8, 4) is 0 Å². The molecule has 24 heavy (non-hydrogen) atoms. The Balaban J connectivity index is 1.83. The van der Waals surface area contributed by atoms with E-state index in [9.17, 15) is 5.11 Å². The van der Waals surface area contributed by atoms with Crippen LogP contribution in [0.2, 0.25) is 0 Å². The van der Waals surface area contributed by atoms with Gasteiger partial charge in [0.05, 0.1) is 0 Å². The minimum absolute atomic E-state index is 0.143. The van der Waals surface area contributed by atoms with Crippen molar-refractivity contribution in [2.24, 2.45) is 0 Å². The molecule has 128 valence electrons. The van der Waals surface area contributed by atoms with Crippen molar-refractivity contribution in [1.82, 2.24) is 19.9 Å². The summed E-state index contributed by atoms with van der Waals surface area (Å²) in [5.41, 5.74) is 0.989. The molecule has 1 saturated heterocycles. The number of anilines is 2. The molecular formula is C17H24N6O. The van der Waals surface area contributed by atoms with Crippen LogP contribution in [-0.4, -0.2) is 50.2 Å². The smallest absolute Gasteiger partial charge is 0.156 e. The molecule has 0 aromatic carbocycles. The molecule has 1 N–H and O–H groups in total. The van der Waals surface area contributed by atoms with Gasteiger partial charge in [-0.1, -0.05) is 0 Å². The molecule has 0 amide bonds. The molecule has 2 aromatic rings. The molecule has 0 radical (unpaired) electrons. The van der Waals surface area contributed by atoms with Crippen LogP contribution in [0, 0.1) is 13.8 Å². The summed E-state index contributed by atoms with van der Waals surface area (Å²) < 4.78 is 0. The van der Waals surface area contributed by atoms with Crippen LogP contribution in [0.25, 0.3) is 0 Å². The van der Waals surface area contributed by atoms with Crippen LogP contribution in [0.5, 0.6) is 0 Å². The fraction of sp³-hybridized carbons (Fsp3) is 0.529. The van der Waals surface area contributed by atoms with Crippen molar-refractivity contribution in [2.75, 3.05) is 22.9 Å². The number of aryl methyl sites for hydroxylation is 2. The van der Waals surface area contributed by atoms with E-state index in [4.69, 9.17) is 0 Å². The molecule has 7 nitrogen and oxygen atoms in total. The van der Waals surface area contributed by atoms with Gasteiger partial charge in [0.15, 0.2) is 5.82 Å². The first-order valence-corrected chi connectivity index (χ1v) is 8.26. The van der Waals surface area contributed by atoms with Gasteiger partial charge in [0.2, 0.25) is 0 Å². The highest BCUT2D eigenvalue weighted by Gasteiger charge is 2.31. The van der Waals surface area contributed by atoms with Crippen LogP contribution in [0.1, 0.15) is 31.2 Å². The first kappa shape index (κ1) is 16.6. The molecule has 7 heteroatoms. The molecule has 1 aliphatic heterocycles. The van der Waals surface area contributed by atoms with Gasteiger partial charge in [-0.3, -0.25) is 0 Å². The van der Waals surface area contributed by atoms with E-state index in [2.05, 4.69) is 43.6 Å². The molecule has 3 rings (SSSR count). The Labute approximate surface area is 142 Å². The highest BCUT2D eigenvalue weighted by molar-refractivity contribution is 5.47. The quantitative estimate of drug-likeness (QED) is 0.914. The van der Waals surface area contributed by atoms with Gasteiger partial charge in [0.25, 0.3) is 0 Å². The molecule has 0 bridgehead atoms. The van der Waals surface area contributed by atoms with Crippen molar-refractivity contribution < 1.29 is 5.11 Å². The fourth-order valence-electron chi connectivity index (χ4n) is 3.43. The van der Waals surface area contributed by atoms with Crippen LogP contribution in [-0.2, 0) is 6.61 Å². The lowest BCUT2D eigenvalue weighted by Gasteiger charge is -2.45. The van der Waals surface area contributed by atoms with Crippen molar-refractivity contribution in [1.29, 1.82) is 0 Å². The number of aromatic nitrogens is 4. The summed E-state index contributed by atoms with van der Waals surface area (Å²) in [4.78, 5) is 22.1. The zero-order valence-corrected chi connectivity index (χ0v) is 14.6. The third kappa shape index (κ3) is 3.31. The average Bonchev–Trinajstić information content (AvgIpc) is 2.53. The first-order valence-electron chi connectivity index (χ1n) is 8.26. The maximum Gasteiger partial charge on any atom is 0.156 e. The summed E-state index contributed by atoms with van der Waals surface area (Å²) in [6.07, 6.45) is 1.71. The average molecular weight is 328 g/mol. The molecule has 2 atom stereocenters. The number of hydrogen-bond donors (Lipinski definition) is 1. The molecule has 3 heterocycles. The predicted molar refractivity (Wildman–Crippen MR) is 93.1 cm³/mol. The van der Waals surface area contributed by atoms with Gasteiger partial charge in [0, 0.05) is 43.1 Å². The summed E-state index contributed by atoms with van der Waals surface area (Å²) >= 11 is 0. The normalized spacial score (nSPS) is 21.2. The van der Waals surface area contributed by atoms with Crippen LogP contribution in [0.15, 0.2) is 18.3 Å². The largest absolute Gasteiger partial charge is 0.388 e. The van der Waals surface area contributed by atoms with E-state index in [0.29, 0.717) is 5.82 Å². The number of hydrogen-bond acceptors (Lipinski definition) is 7. The molecule has 1 aliphatic rings. The Morgan fingerprint density at radius 2 is 1.79 bits per heavy atom. The lowest BCUT2D eigenvalue weighted by atomic mass is 10.1. The highest BCUT2D eigenvalue weighted by Crippen LogP contribution is 2.25. The maximum absolute atomic E-state index is 9.27. The fourth-order valence-corrected chi connectivity index (χ4v) is 3.43. The molecular weight excluding hydrogens is 304 g/mol. The zero-order chi connectivity index (χ0) is 17.3. The van der Waals surface area contributed by atoms with Crippen LogP contribution in [0.4, 0.5) is 11.6 Å². The molecule has 0 aliphatic carbocycles. The van der Waals surface area contributed by atoms with Gasteiger partial charge in [0.1, 0.15) is 24.1 Å². The maximum atomic E-state index is 9.27. The zero-order valence-electron chi connectivity index (χ0n) is 14.6. The van der Waals surface area contributed by atoms with E-state index >= 15 is 0 Å².